The van der Waals surface area contributed by atoms with Crippen molar-refractivity contribution in [1.82, 2.24) is 4.90 Å². The summed E-state index contributed by atoms with van der Waals surface area (Å²) in [6.45, 7) is 2.96. The topological polar surface area (TPSA) is 20.3 Å². The summed E-state index contributed by atoms with van der Waals surface area (Å²) in [4.78, 5) is 16.9. The molecule has 4 heteroatoms. The molecule has 2 heterocycles. The molecule has 3 rings (SSSR count). The molecular weight excluding hydrogens is 286 g/mol. The molecule has 2 nitrogen and oxygen atoms in total. The maximum atomic E-state index is 12.5. The van der Waals surface area contributed by atoms with Crippen LogP contribution in [0.4, 0.5) is 0 Å². The van der Waals surface area contributed by atoms with Gasteiger partial charge in [0, 0.05) is 16.3 Å². The molecule has 0 spiro atoms. The Morgan fingerprint density at radius 3 is 2.85 bits per heavy atom. The Balaban J connectivity index is 1.73. The van der Waals surface area contributed by atoms with Crippen LogP contribution in [0, 0.1) is 0 Å². The van der Waals surface area contributed by atoms with Gasteiger partial charge in [-0.2, -0.15) is 0 Å². The van der Waals surface area contributed by atoms with E-state index >= 15 is 0 Å². The third-order valence-corrected chi connectivity index (χ3v) is 5.18. The van der Waals surface area contributed by atoms with Crippen molar-refractivity contribution >= 4 is 29.9 Å². The molecule has 0 radical (unpaired) electrons. The highest BCUT2D eigenvalue weighted by Crippen LogP contribution is 2.33. The summed E-state index contributed by atoms with van der Waals surface area (Å²) in [6, 6.07) is 10.2. The van der Waals surface area contributed by atoms with Gasteiger partial charge in [-0.25, -0.2) is 0 Å². The van der Waals surface area contributed by atoms with Crippen molar-refractivity contribution in [3.8, 4) is 0 Å². The van der Waals surface area contributed by atoms with Gasteiger partial charge in [-0.1, -0.05) is 12.1 Å². The standard InChI is InChI=1S/C16H17NOS2/c1-11-14-7-9-20-15(14)6-8-17(11)16(18)10-12-2-4-13(19)5-3-12/h2-5,7,9,11,19H,6,8,10H2,1H3. The van der Waals surface area contributed by atoms with Crippen molar-refractivity contribution in [3.63, 3.8) is 0 Å². The first-order chi connectivity index (χ1) is 9.65. The minimum absolute atomic E-state index is 0.196. The number of rotatable bonds is 2. The highest BCUT2D eigenvalue weighted by atomic mass is 32.1. The van der Waals surface area contributed by atoms with Crippen LogP contribution in [0.3, 0.4) is 0 Å². The Morgan fingerprint density at radius 2 is 2.10 bits per heavy atom. The minimum atomic E-state index is 0.196. The number of carbonyl (C=O) groups is 1. The van der Waals surface area contributed by atoms with E-state index in [1.807, 2.05) is 29.2 Å². The third-order valence-electron chi connectivity index (χ3n) is 3.89. The van der Waals surface area contributed by atoms with Gasteiger partial charge in [0.25, 0.3) is 0 Å². The molecule has 0 aliphatic carbocycles. The summed E-state index contributed by atoms with van der Waals surface area (Å²) in [5.41, 5.74) is 2.37. The highest BCUT2D eigenvalue weighted by Gasteiger charge is 2.27. The van der Waals surface area contributed by atoms with Gasteiger partial charge < -0.3 is 4.90 Å². The van der Waals surface area contributed by atoms with E-state index in [4.69, 9.17) is 0 Å². The normalized spacial score (nSPS) is 17.9. The molecule has 1 atom stereocenters. The summed E-state index contributed by atoms with van der Waals surface area (Å²) < 4.78 is 0. The SMILES string of the molecule is CC1c2ccsc2CCN1C(=O)Cc1ccc(S)cc1. The molecular formula is C16H17NOS2. The highest BCUT2D eigenvalue weighted by molar-refractivity contribution is 7.80. The maximum absolute atomic E-state index is 12.5. The molecule has 1 amide bonds. The van der Waals surface area contributed by atoms with E-state index in [1.54, 1.807) is 11.3 Å². The van der Waals surface area contributed by atoms with Crippen LogP contribution in [0.2, 0.25) is 0 Å². The number of amides is 1. The van der Waals surface area contributed by atoms with Crippen LogP contribution < -0.4 is 0 Å². The van der Waals surface area contributed by atoms with Crippen molar-refractivity contribution in [1.29, 1.82) is 0 Å². The van der Waals surface area contributed by atoms with Crippen LogP contribution in [-0.2, 0) is 17.6 Å². The molecule has 1 aliphatic heterocycles. The van der Waals surface area contributed by atoms with E-state index in [0.717, 1.165) is 23.4 Å². The second-order valence-corrected chi connectivity index (χ2v) is 6.67. The third kappa shape index (κ3) is 2.63. The molecule has 1 aliphatic rings. The smallest absolute Gasteiger partial charge is 0.227 e. The van der Waals surface area contributed by atoms with Crippen molar-refractivity contribution < 1.29 is 4.79 Å². The zero-order chi connectivity index (χ0) is 14.1. The predicted octanol–water partition coefficient (Wildman–Crippen LogP) is 3.73. The van der Waals surface area contributed by atoms with E-state index in [2.05, 4.69) is 31.0 Å². The summed E-state index contributed by atoms with van der Waals surface area (Å²) in [5.74, 6) is 0.210. The number of thiol groups is 1. The molecule has 0 fully saturated rings. The van der Waals surface area contributed by atoms with Crippen molar-refractivity contribution in [2.24, 2.45) is 0 Å². The average molecular weight is 303 g/mol. The summed E-state index contributed by atoms with van der Waals surface area (Å²) in [7, 11) is 0. The number of nitrogens with zero attached hydrogens (tertiary/aromatic N) is 1. The molecule has 104 valence electrons. The van der Waals surface area contributed by atoms with Crippen LogP contribution in [0.5, 0.6) is 0 Å². The first kappa shape index (κ1) is 13.7. The monoisotopic (exact) mass is 303 g/mol. The lowest BCUT2D eigenvalue weighted by molar-refractivity contribution is -0.133. The molecule has 0 saturated heterocycles. The van der Waals surface area contributed by atoms with E-state index in [-0.39, 0.29) is 11.9 Å². The van der Waals surface area contributed by atoms with Crippen LogP contribution in [0.25, 0.3) is 0 Å². The number of carbonyl (C=O) groups excluding carboxylic acids is 1. The minimum Gasteiger partial charge on any atom is -0.335 e. The van der Waals surface area contributed by atoms with Crippen LogP contribution in [0.1, 0.15) is 29.0 Å². The Kier molecular flexibility index (Phi) is 3.85. The lowest BCUT2D eigenvalue weighted by atomic mass is 10.0. The summed E-state index contributed by atoms with van der Waals surface area (Å²) in [5, 5.41) is 2.13. The quantitative estimate of drug-likeness (QED) is 0.838. The Hall–Kier alpha value is -1.26. The number of hydrogen-bond donors (Lipinski definition) is 1. The van der Waals surface area contributed by atoms with E-state index in [9.17, 15) is 4.79 Å². The molecule has 1 aromatic heterocycles. The predicted molar refractivity (Wildman–Crippen MR) is 85.5 cm³/mol. The van der Waals surface area contributed by atoms with Gasteiger partial charge in [0.1, 0.15) is 0 Å². The van der Waals surface area contributed by atoms with Gasteiger partial charge in [0.05, 0.1) is 12.5 Å². The maximum Gasteiger partial charge on any atom is 0.227 e. The van der Waals surface area contributed by atoms with Gasteiger partial charge >= 0.3 is 0 Å². The fourth-order valence-electron chi connectivity index (χ4n) is 2.74. The number of fused-ring (bicyclic) bond motifs is 1. The van der Waals surface area contributed by atoms with Crippen molar-refractivity contribution in [2.45, 2.75) is 30.7 Å². The summed E-state index contributed by atoms with van der Waals surface area (Å²) in [6.07, 6.45) is 1.45. The van der Waals surface area contributed by atoms with Crippen LogP contribution in [-0.4, -0.2) is 17.4 Å². The first-order valence-corrected chi connectivity index (χ1v) is 8.11. The first-order valence-electron chi connectivity index (χ1n) is 6.79. The Labute approximate surface area is 128 Å². The van der Waals surface area contributed by atoms with Crippen LogP contribution >= 0.6 is 24.0 Å². The van der Waals surface area contributed by atoms with E-state index in [0.29, 0.717) is 6.42 Å². The Morgan fingerprint density at radius 1 is 1.35 bits per heavy atom. The zero-order valence-corrected chi connectivity index (χ0v) is 13.1. The lowest BCUT2D eigenvalue weighted by Crippen LogP contribution is -2.39. The molecule has 0 N–H and O–H groups in total. The molecule has 1 aromatic carbocycles. The number of thiophene rings is 1. The van der Waals surface area contributed by atoms with Crippen molar-refractivity contribution in [3.05, 3.63) is 51.7 Å². The van der Waals surface area contributed by atoms with E-state index < -0.39 is 0 Å². The molecule has 1 unspecified atom stereocenters. The number of benzene rings is 1. The second kappa shape index (κ2) is 5.62. The zero-order valence-electron chi connectivity index (χ0n) is 11.4. The largest absolute Gasteiger partial charge is 0.335 e. The average Bonchev–Trinajstić information content (AvgIpc) is 2.91. The fraction of sp³-hybridized carbons (Fsp3) is 0.312. The molecule has 0 saturated carbocycles. The molecule has 0 bridgehead atoms. The van der Waals surface area contributed by atoms with Gasteiger partial charge in [-0.15, -0.1) is 24.0 Å². The summed E-state index contributed by atoms with van der Waals surface area (Å²) >= 11 is 6.07. The van der Waals surface area contributed by atoms with Crippen LogP contribution in [0.15, 0.2) is 40.6 Å². The molecule has 20 heavy (non-hydrogen) atoms. The number of hydrogen-bond acceptors (Lipinski definition) is 3. The van der Waals surface area contributed by atoms with E-state index in [1.165, 1.54) is 10.4 Å². The van der Waals surface area contributed by atoms with Gasteiger partial charge in [-0.3, -0.25) is 4.79 Å². The second-order valence-electron chi connectivity index (χ2n) is 5.16. The van der Waals surface area contributed by atoms with Crippen molar-refractivity contribution in [2.75, 3.05) is 6.54 Å². The van der Waals surface area contributed by atoms with Gasteiger partial charge in [0.15, 0.2) is 0 Å². The fourth-order valence-corrected chi connectivity index (χ4v) is 3.85. The van der Waals surface area contributed by atoms with Gasteiger partial charge in [-0.05, 0) is 48.1 Å². The van der Waals surface area contributed by atoms with Gasteiger partial charge in [0.2, 0.25) is 5.91 Å². The molecule has 2 aromatic rings. The Bertz CT molecular complexity index is 618. The lowest BCUT2D eigenvalue weighted by Gasteiger charge is -2.33.